The molecule has 0 saturated carbocycles. The summed E-state index contributed by atoms with van der Waals surface area (Å²) in [6.45, 7) is 6.24. The summed E-state index contributed by atoms with van der Waals surface area (Å²) in [5.41, 5.74) is 0. The maximum absolute atomic E-state index is 3.45. The van der Waals surface area contributed by atoms with Crippen LogP contribution in [0.1, 0.15) is 136 Å². The minimum atomic E-state index is -0.719. The van der Waals surface area contributed by atoms with Gasteiger partial charge < -0.3 is 0 Å². The summed E-state index contributed by atoms with van der Waals surface area (Å²) in [5, 5.41) is 0. The van der Waals surface area contributed by atoms with Crippen molar-refractivity contribution in [3.63, 3.8) is 0 Å². The molecule has 168 valence electrons. The predicted molar refractivity (Wildman–Crippen MR) is 131 cm³/mol. The third-order valence-corrected chi connectivity index (χ3v) is 11.8. The van der Waals surface area contributed by atoms with Gasteiger partial charge in [-0.3, -0.25) is 0 Å². The van der Waals surface area contributed by atoms with E-state index in [1.807, 2.05) is 0 Å². The van der Waals surface area contributed by atoms with Gasteiger partial charge in [0, 0.05) is 36.3 Å². The Morgan fingerprint density at radius 1 is 0.407 bits per heavy atom. The fourth-order valence-electron chi connectivity index (χ4n) is 3.96. The third-order valence-electron chi connectivity index (χ3n) is 5.87. The van der Waals surface area contributed by atoms with Crippen molar-refractivity contribution in [2.75, 3.05) is 18.5 Å². The second kappa shape index (κ2) is 23.8. The van der Waals surface area contributed by atoms with Crippen molar-refractivity contribution in [2.24, 2.45) is 0 Å². The Kier molecular flexibility index (Phi) is 27.1. The average Bonchev–Trinajstić information content (AvgIpc) is 2.64. The molecule has 1 atom stereocenters. The smallest absolute Gasteiger partial charge is 0.0611 e. The van der Waals surface area contributed by atoms with Crippen LogP contribution in [0.2, 0.25) is 0 Å². The molecule has 0 fully saturated rings. The maximum Gasteiger partial charge on any atom is 0.0611 e. The molecular formula is C24H53P2Pd+. The van der Waals surface area contributed by atoms with Gasteiger partial charge in [-0.05, 0) is 38.5 Å². The Morgan fingerprint density at radius 2 is 0.630 bits per heavy atom. The molecule has 0 bridgehead atoms. The van der Waals surface area contributed by atoms with Gasteiger partial charge in [0.2, 0.25) is 0 Å². The Morgan fingerprint density at radius 3 is 0.889 bits per heavy atom. The zero-order valence-corrected chi connectivity index (χ0v) is 22.8. The molecular weight excluding hydrogens is 457 g/mol. The van der Waals surface area contributed by atoms with Crippen LogP contribution in [0.25, 0.3) is 0 Å². The summed E-state index contributed by atoms with van der Waals surface area (Å²) in [6.07, 6.45) is 30.9. The van der Waals surface area contributed by atoms with Crippen molar-refractivity contribution in [2.45, 2.75) is 136 Å². The minimum absolute atomic E-state index is 0. The van der Waals surface area contributed by atoms with Gasteiger partial charge in [0.05, 0.1) is 18.5 Å². The molecule has 27 heavy (non-hydrogen) atoms. The van der Waals surface area contributed by atoms with E-state index in [2.05, 4.69) is 29.7 Å². The Balaban J connectivity index is 0. The van der Waals surface area contributed by atoms with E-state index in [1.54, 1.807) is 18.5 Å². The normalized spacial score (nSPS) is 11.6. The molecule has 0 rings (SSSR count). The average molecular weight is 510 g/mol. The minimum Gasteiger partial charge on any atom is -0.0654 e. The molecule has 0 aliphatic rings. The van der Waals surface area contributed by atoms with E-state index in [9.17, 15) is 0 Å². The number of hydrogen-bond donors (Lipinski definition) is 0. The summed E-state index contributed by atoms with van der Waals surface area (Å²) in [5.74, 6) is 0. The van der Waals surface area contributed by atoms with E-state index >= 15 is 0 Å². The van der Waals surface area contributed by atoms with Gasteiger partial charge in [0.1, 0.15) is 0 Å². The standard InChI is InChI=1S/C24H53P2.Pd/c1-4-7-10-13-16-19-22-26(25,23-20-17-14-11-8-5-2)24-21-18-15-12-9-6-3;/h4-25H2,1-3H3;/q+1;. The monoisotopic (exact) mass is 509 g/mol. The van der Waals surface area contributed by atoms with Crippen molar-refractivity contribution in [3.05, 3.63) is 0 Å². The summed E-state index contributed by atoms with van der Waals surface area (Å²) < 4.78 is 0. The second-order valence-electron chi connectivity index (χ2n) is 8.69. The zero-order chi connectivity index (χ0) is 19.3. The Bertz CT molecular complexity index is 230. The van der Waals surface area contributed by atoms with E-state index in [0.717, 1.165) is 0 Å². The zero-order valence-electron chi connectivity index (χ0n) is 19.2. The molecule has 0 amide bonds. The van der Waals surface area contributed by atoms with E-state index in [1.165, 1.54) is 116 Å². The Labute approximate surface area is 190 Å². The summed E-state index contributed by atoms with van der Waals surface area (Å²) in [7, 11) is 3.45. The molecule has 0 saturated heterocycles. The number of hydrogen-bond acceptors (Lipinski definition) is 0. The summed E-state index contributed by atoms with van der Waals surface area (Å²) in [4.78, 5) is 0. The molecule has 0 aromatic heterocycles. The Hall–Kier alpha value is 1.52. The van der Waals surface area contributed by atoms with Crippen LogP contribution in [-0.4, -0.2) is 18.5 Å². The van der Waals surface area contributed by atoms with Crippen LogP contribution in [0.4, 0.5) is 0 Å². The maximum atomic E-state index is 3.45. The third kappa shape index (κ3) is 22.0. The largest absolute Gasteiger partial charge is 0.0654 e. The first kappa shape index (κ1) is 30.7. The quantitative estimate of drug-likeness (QED) is 0.0820. The first-order valence-electron chi connectivity index (χ1n) is 12.3. The van der Waals surface area contributed by atoms with Crippen molar-refractivity contribution in [1.29, 1.82) is 0 Å². The van der Waals surface area contributed by atoms with Gasteiger partial charge in [-0.1, -0.05) is 97.8 Å². The van der Waals surface area contributed by atoms with Crippen molar-refractivity contribution >= 4 is 15.9 Å². The molecule has 0 aliphatic heterocycles. The van der Waals surface area contributed by atoms with E-state index < -0.39 is 6.95 Å². The number of rotatable bonds is 21. The van der Waals surface area contributed by atoms with Crippen LogP contribution in [0.15, 0.2) is 0 Å². The van der Waals surface area contributed by atoms with Crippen molar-refractivity contribution < 1.29 is 20.4 Å². The van der Waals surface area contributed by atoms with Gasteiger partial charge in [0.15, 0.2) is 0 Å². The van der Waals surface area contributed by atoms with Crippen LogP contribution in [-0.2, 0) is 20.4 Å². The second-order valence-corrected chi connectivity index (χ2v) is 15.8. The first-order chi connectivity index (χ1) is 12.7. The van der Waals surface area contributed by atoms with Gasteiger partial charge in [0.25, 0.3) is 0 Å². The first-order valence-corrected chi connectivity index (χ1v) is 16.3. The van der Waals surface area contributed by atoms with Crippen molar-refractivity contribution in [3.8, 4) is 0 Å². The van der Waals surface area contributed by atoms with E-state index in [-0.39, 0.29) is 20.4 Å². The van der Waals surface area contributed by atoms with Gasteiger partial charge in [-0.25, -0.2) is 0 Å². The molecule has 0 heterocycles. The van der Waals surface area contributed by atoms with Gasteiger partial charge in [-0.15, -0.1) is 0 Å². The molecule has 0 radical (unpaired) electrons. The van der Waals surface area contributed by atoms with Gasteiger partial charge >= 0.3 is 0 Å². The fraction of sp³-hybridized carbons (Fsp3) is 1.00. The molecule has 0 aliphatic carbocycles. The van der Waals surface area contributed by atoms with Crippen LogP contribution < -0.4 is 0 Å². The van der Waals surface area contributed by atoms with Crippen LogP contribution >= 0.6 is 15.9 Å². The SMILES string of the molecule is CCCCCCCC[P+](P)(CCCCCCCC)CCCCCCCC.[Pd]. The molecule has 1 unspecified atom stereocenters. The summed E-state index contributed by atoms with van der Waals surface area (Å²) >= 11 is 0. The van der Waals surface area contributed by atoms with Crippen LogP contribution in [0.3, 0.4) is 0 Å². The van der Waals surface area contributed by atoms with Crippen molar-refractivity contribution in [1.82, 2.24) is 0 Å². The number of unbranched alkanes of at least 4 members (excludes halogenated alkanes) is 15. The molecule has 0 N–H and O–H groups in total. The molecule has 0 aromatic carbocycles. The fourth-order valence-corrected chi connectivity index (χ4v) is 8.83. The van der Waals surface area contributed by atoms with Gasteiger partial charge in [-0.2, -0.15) is 0 Å². The summed E-state index contributed by atoms with van der Waals surface area (Å²) in [6, 6.07) is 0. The molecule has 0 spiro atoms. The molecule has 3 heteroatoms. The topological polar surface area (TPSA) is 0 Å². The van der Waals surface area contributed by atoms with E-state index in [0.29, 0.717) is 0 Å². The van der Waals surface area contributed by atoms with Crippen LogP contribution in [0.5, 0.6) is 0 Å². The molecule has 0 aromatic rings. The predicted octanol–water partition coefficient (Wildman–Crippen LogP) is 9.87. The molecule has 0 nitrogen and oxygen atoms in total. The van der Waals surface area contributed by atoms with Crippen LogP contribution in [0, 0.1) is 0 Å². The van der Waals surface area contributed by atoms with E-state index in [4.69, 9.17) is 0 Å².